The fraction of sp³-hybridized carbons (Fsp3) is 0.359. The average Bonchev–Trinajstić information content (AvgIpc) is 3.92. The lowest BCUT2D eigenvalue weighted by Gasteiger charge is -2.19. The maximum atomic E-state index is 13.3. The summed E-state index contributed by atoms with van der Waals surface area (Å²) in [6.45, 7) is 1.38. The van der Waals surface area contributed by atoms with E-state index in [0.29, 0.717) is 66.6 Å². The van der Waals surface area contributed by atoms with Gasteiger partial charge in [0, 0.05) is 62.3 Å². The molecule has 4 rings (SSSR count). The standard InChI is InChI=1S/C39H54ClN13O6S/c1-60(58,59)48-20-19-45-35(55)31(10-6-17-46-38(41)42)52-37(57)33-16-14-30(51-33)26-11-12-28(40)34(23-26)53-39(43)47-18-5-9-27(24-44-21-22-54)49-36(56)32-15-13-29(50-32)25-7-3-2-4-8-25/h2-4,7-8,11-16,23,27,31,44,48,50-51,54H,5-6,9-10,17-22,24H2,1H3,(H,45,55)(H,49,56)(H,52,57)(H4,41,42,46)(H3,43,47,53). The maximum Gasteiger partial charge on any atom is 0.268 e. The number of nitrogens with two attached hydrogens (primary N) is 3. The summed E-state index contributed by atoms with van der Waals surface area (Å²) in [6, 6.07) is 20.5. The first kappa shape index (κ1) is 46.8. The van der Waals surface area contributed by atoms with E-state index < -0.39 is 27.9 Å². The molecule has 3 amide bonds. The Morgan fingerprint density at radius 2 is 1.45 bits per heavy atom. The summed E-state index contributed by atoms with van der Waals surface area (Å²) < 4.78 is 25.0. The van der Waals surface area contributed by atoms with Crippen molar-refractivity contribution >= 4 is 57.0 Å². The van der Waals surface area contributed by atoms with Crippen LogP contribution in [0, 0.1) is 0 Å². The summed E-state index contributed by atoms with van der Waals surface area (Å²) in [5, 5.41) is 24.2. The lowest BCUT2D eigenvalue weighted by atomic mass is 10.1. The molecular weight excluding hydrogens is 814 g/mol. The van der Waals surface area contributed by atoms with Crippen molar-refractivity contribution in [1.29, 1.82) is 0 Å². The highest BCUT2D eigenvalue weighted by molar-refractivity contribution is 7.88. The predicted octanol–water partition coefficient (Wildman–Crippen LogP) is 1.03. The number of aliphatic imine (C=N–C) groups is 2. The van der Waals surface area contributed by atoms with E-state index in [2.05, 4.69) is 51.3 Å². The lowest BCUT2D eigenvalue weighted by molar-refractivity contribution is -0.123. The minimum atomic E-state index is -3.44. The number of guanidine groups is 2. The van der Waals surface area contributed by atoms with Gasteiger partial charge >= 0.3 is 0 Å². The van der Waals surface area contributed by atoms with Gasteiger partial charge in [-0.25, -0.2) is 13.1 Å². The second kappa shape index (κ2) is 23.6. The molecule has 15 N–H and O–H groups in total. The minimum Gasteiger partial charge on any atom is -0.395 e. The van der Waals surface area contributed by atoms with Crippen molar-refractivity contribution in [2.24, 2.45) is 27.2 Å². The normalized spacial score (nSPS) is 12.6. The molecule has 4 aromatic rings. The number of rotatable bonds is 24. The zero-order valence-corrected chi connectivity index (χ0v) is 34.8. The summed E-state index contributed by atoms with van der Waals surface area (Å²) in [6.07, 6.45) is 2.77. The number of benzene rings is 2. The van der Waals surface area contributed by atoms with Gasteiger partial charge < -0.3 is 58.9 Å². The Kier molecular flexibility index (Phi) is 18.4. The minimum absolute atomic E-state index is 0.0107. The number of aromatic amines is 2. The second-order valence-electron chi connectivity index (χ2n) is 13.7. The van der Waals surface area contributed by atoms with Crippen molar-refractivity contribution in [3.05, 3.63) is 89.2 Å². The number of carbonyl (C=O) groups is 3. The van der Waals surface area contributed by atoms with Crippen LogP contribution in [-0.4, -0.2) is 117 Å². The Labute approximate surface area is 353 Å². The number of aliphatic hydroxyl groups excluding tert-OH is 1. The van der Waals surface area contributed by atoms with Gasteiger partial charge in [0.25, 0.3) is 11.8 Å². The van der Waals surface area contributed by atoms with Crippen LogP contribution in [0.15, 0.2) is 82.8 Å². The largest absolute Gasteiger partial charge is 0.395 e. The monoisotopic (exact) mass is 867 g/mol. The first-order chi connectivity index (χ1) is 28.7. The molecule has 2 heterocycles. The number of sulfonamides is 1. The molecule has 0 aliphatic rings. The van der Waals surface area contributed by atoms with Crippen molar-refractivity contribution < 1.29 is 27.9 Å². The second-order valence-corrected chi connectivity index (χ2v) is 15.9. The van der Waals surface area contributed by atoms with E-state index >= 15 is 0 Å². The van der Waals surface area contributed by atoms with Crippen LogP contribution >= 0.6 is 11.6 Å². The molecule has 0 bridgehead atoms. The van der Waals surface area contributed by atoms with Crippen LogP contribution in [0.3, 0.4) is 0 Å². The van der Waals surface area contributed by atoms with E-state index in [1.165, 1.54) is 0 Å². The van der Waals surface area contributed by atoms with Crippen LogP contribution in [0.1, 0.15) is 46.7 Å². The van der Waals surface area contributed by atoms with Gasteiger partial charge in [0.1, 0.15) is 17.4 Å². The molecule has 0 fully saturated rings. The zero-order chi connectivity index (χ0) is 43.5. The Bertz CT molecular complexity index is 2190. The van der Waals surface area contributed by atoms with Crippen molar-refractivity contribution in [3.63, 3.8) is 0 Å². The number of hydrogen-bond acceptors (Lipinski definition) is 9. The average molecular weight is 868 g/mol. The molecule has 60 heavy (non-hydrogen) atoms. The molecule has 2 aromatic heterocycles. The lowest BCUT2D eigenvalue weighted by Crippen LogP contribution is -2.48. The van der Waals surface area contributed by atoms with Crippen LogP contribution in [0.4, 0.5) is 5.69 Å². The van der Waals surface area contributed by atoms with Crippen molar-refractivity contribution in [3.8, 4) is 22.5 Å². The molecule has 0 aliphatic carbocycles. The predicted molar refractivity (Wildman–Crippen MR) is 235 cm³/mol. The molecule has 2 atom stereocenters. The summed E-state index contributed by atoms with van der Waals surface area (Å²) in [4.78, 5) is 54.0. The molecule has 0 aliphatic heterocycles. The number of carbonyl (C=O) groups excluding carboxylic acids is 3. The number of H-pyrrole nitrogens is 2. The molecule has 21 heteroatoms. The number of nitrogens with zero attached hydrogens (tertiary/aromatic N) is 2. The number of nitrogens with one attached hydrogen (secondary N) is 8. The van der Waals surface area contributed by atoms with Gasteiger partial charge in [-0.05, 0) is 67.6 Å². The maximum absolute atomic E-state index is 13.3. The van der Waals surface area contributed by atoms with Gasteiger partial charge in [-0.3, -0.25) is 24.4 Å². The Hall–Kier alpha value is -5.93. The van der Waals surface area contributed by atoms with E-state index in [1.54, 1.807) is 36.4 Å². The molecule has 0 saturated heterocycles. The number of aromatic nitrogens is 2. The third-order valence-corrected chi connectivity index (χ3v) is 9.91. The van der Waals surface area contributed by atoms with Gasteiger partial charge in [0.2, 0.25) is 15.9 Å². The first-order valence-electron chi connectivity index (χ1n) is 19.2. The number of aliphatic hydroxyl groups is 1. The topological polar surface area (TPSA) is 312 Å². The Balaban J connectivity index is 1.33. The number of anilines is 1. The summed E-state index contributed by atoms with van der Waals surface area (Å²) in [7, 11) is -3.44. The van der Waals surface area contributed by atoms with E-state index in [-0.39, 0.29) is 62.2 Å². The van der Waals surface area contributed by atoms with E-state index in [4.69, 9.17) is 28.8 Å². The van der Waals surface area contributed by atoms with Gasteiger partial charge in [-0.2, -0.15) is 0 Å². The zero-order valence-electron chi connectivity index (χ0n) is 33.3. The van der Waals surface area contributed by atoms with Gasteiger partial charge in [0.15, 0.2) is 11.9 Å². The number of amides is 3. The molecule has 2 aromatic carbocycles. The third-order valence-electron chi connectivity index (χ3n) is 8.85. The Morgan fingerprint density at radius 3 is 2.12 bits per heavy atom. The smallest absolute Gasteiger partial charge is 0.268 e. The van der Waals surface area contributed by atoms with Crippen LogP contribution in [-0.2, 0) is 14.8 Å². The Morgan fingerprint density at radius 1 is 0.800 bits per heavy atom. The molecular formula is C39H54ClN13O6S. The molecule has 19 nitrogen and oxygen atoms in total. The molecule has 2 unspecified atom stereocenters. The highest BCUT2D eigenvalue weighted by Gasteiger charge is 2.22. The summed E-state index contributed by atoms with van der Waals surface area (Å²) in [5.74, 6) is -1.28. The van der Waals surface area contributed by atoms with Gasteiger partial charge in [-0.1, -0.05) is 48.0 Å². The van der Waals surface area contributed by atoms with Crippen molar-refractivity contribution in [2.45, 2.75) is 37.8 Å². The fourth-order valence-corrected chi connectivity index (χ4v) is 6.55. The van der Waals surface area contributed by atoms with Gasteiger partial charge in [-0.15, -0.1) is 0 Å². The molecule has 324 valence electrons. The van der Waals surface area contributed by atoms with Crippen molar-refractivity contribution in [2.75, 3.05) is 57.4 Å². The van der Waals surface area contributed by atoms with E-state index in [0.717, 1.165) is 17.5 Å². The first-order valence-corrected chi connectivity index (χ1v) is 21.5. The van der Waals surface area contributed by atoms with E-state index in [1.807, 2.05) is 36.4 Å². The number of halogens is 1. The highest BCUT2D eigenvalue weighted by atomic mass is 35.5. The SMILES string of the molecule is CS(=O)(=O)NCCNC(=O)C(CCCN=C(N)N)NC(=O)c1ccc(-c2ccc(Cl)c(NC(N)=NCCCC(CNCCO)NC(=O)c3ccc(-c4ccccc4)[nH]3)c2)[nH]1. The molecule has 0 saturated carbocycles. The van der Waals surface area contributed by atoms with Crippen LogP contribution < -0.4 is 48.5 Å². The third kappa shape index (κ3) is 16.0. The summed E-state index contributed by atoms with van der Waals surface area (Å²) in [5.41, 5.74) is 21.2. The number of hydrogen-bond donors (Lipinski definition) is 12. The quantitative estimate of drug-likeness (QED) is 0.0268. The van der Waals surface area contributed by atoms with Crippen molar-refractivity contribution in [1.82, 2.24) is 36.0 Å². The molecule has 0 radical (unpaired) electrons. The van der Waals surface area contributed by atoms with Crippen LogP contribution in [0.2, 0.25) is 5.02 Å². The van der Waals surface area contributed by atoms with Gasteiger partial charge in [0.05, 0.1) is 23.6 Å². The summed E-state index contributed by atoms with van der Waals surface area (Å²) >= 11 is 6.50. The van der Waals surface area contributed by atoms with Crippen LogP contribution in [0.25, 0.3) is 22.5 Å². The fourth-order valence-electron chi connectivity index (χ4n) is 5.91. The molecule has 0 spiro atoms. The van der Waals surface area contributed by atoms with Crippen LogP contribution in [0.5, 0.6) is 0 Å². The highest BCUT2D eigenvalue weighted by Crippen LogP contribution is 2.28. The van der Waals surface area contributed by atoms with E-state index in [9.17, 15) is 27.9 Å².